The van der Waals surface area contributed by atoms with Crippen molar-refractivity contribution in [2.75, 3.05) is 0 Å². The number of aryl methyl sites for hydroxylation is 1. The van der Waals surface area contributed by atoms with Crippen LogP contribution < -0.4 is 0 Å². The van der Waals surface area contributed by atoms with Crippen LogP contribution in [0.4, 0.5) is 0 Å². The second-order valence-corrected chi connectivity index (χ2v) is 4.35. The largest absolute Gasteiger partial charge is 0.481 e. The molecule has 1 aromatic carbocycles. The SMILES string of the molecule is Cc1cc(C(=O)C(C)Cl)ccc1CC(=O)O. The van der Waals surface area contributed by atoms with E-state index in [0.29, 0.717) is 11.1 Å². The molecule has 3 nitrogen and oxygen atoms in total. The lowest BCUT2D eigenvalue weighted by Gasteiger charge is -2.07. The van der Waals surface area contributed by atoms with E-state index < -0.39 is 11.3 Å². The van der Waals surface area contributed by atoms with Crippen molar-refractivity contribution in [2.45, 2.75) is 25.6 Å². The van der Waals surface area contributed by atoms with Crippen LogP contribution in [0.25, 0.3) is 0 Å². The van der Waals surface area contributed by atoms with Crippen LogP contribution in [0.3, 0.4) is 0 Å². The maximum Gasteiger partial charge on any atom is 0.307 e. The molecule has 0 fully saturated rings. The molecule has 0 heterocycles. The normalized spacial score (nSPS) is 12.2. The van der Waals surface area contributed by atoms with Gasteiger partial charge in [-0.25, -0.2) is 0 Å². The lowest BCUT2D eigenvalue weighted by molar-refractivity contribution is -0.136. The van der Waals surface area contributed by atoms with Crippen molar-refractivity contribution in [2.24, 2.45) is 0 Å². The molecule has 0 aliphatic heterocycles. The van der Waals surface area contributed by atoms with Crippen molar-refractivity contribution in [1.82, 2.24) is 0 Å². The predicted octanol–water partition coefficient (Wildman–Crippen LogP) is 2.43. The molecule has 0 radical (unpaired) electrons. The Morgan fingerprint density at radius 3 is 2.50 bits per heavy atom. The standard InChI is InChI=1S/C12H13ClO3/c1-7-5-10(12(16)8(2)13)4-3-9(7)6-11(14)15/h3-5,8H,6H2,1-2H3,(H,14,15). The Balaban J connectivity index is 2.99. The Bertz CT molecular complexity index is 424. The number of rotatable bonds is 4. The van der Waals surface area contributed by atoms with Crippen molar-refractivity contribution in [1.29, 1.82) is 0 Å². The van der Waals surface area contributed by atoms with Crippen LogP contribution in [0.5, 0.6) is 0 Å². The van der Waals surface area contributed by atoms with Gasteiger partial charge in [0.25, 0.3) is 0 Å². The number of alkyl halides is 1. The van der Waals surface area contributed by atoms with Gasteiger partial charge in [0.2, 0.25) is 0 Å². The second-order valence-electron chi connectivity index (χ2n) is 3.69. The average molecular weight is 241 g/mol. The first kappa shape index (κ1) is 12.7. The van der Waals surface area contributed by atoms with E-state index in [1.165, 1.54) is 0 Å². The lowest BCUT2D eigenvalue weighted by atomic mass is 10.00. The number of carbonyl (C=O) groups excluding carboxylic acids is 1. The molecule has 0 spiro atoms. The van der Waals surface area contributed by atoms with Crippen LogP contribution in [0.15, 0.2) is 18.2 Å². The van der Waals surface area contributed by atoms with Crippen LogP contribution in [-0.4, -0.2) is 22.2 Å². The summed E-state index contributed by atoms with van der Waals surface area (Å²) < 4.78 is 0. The number of halogens is 1. The number of Topliss-reactive ketones (excluding diaryl/α,β-unsaturated/α-hetero) is 1. The quantitative estimate of drug-likeness (QED) is 0.650. The molecule has 0 saturated carbocycles. The summed E-state index contributed by atoms with van der Waals surface area (Å²) in [7, 11) is 0. The Morgan fingerprint density at radius 2 is 2.06 bits per heavy atom. The van der Waals surface area contributed by atoms with Gasteiger partial charge in [0.15, 0.2) is 5.78 Å². The summed E-state index contributed by atoms with van der Waals surface area (Å²) in [5, 5.41) is 8.10. The number of carbonyl (C=O) groups is 2. The molecule has 1 aromatic rings. The van der Waals surface area contributed by atoms with Gasteiger partial charge in [0, 0.05) is 5.56 Å². The Kier molecular flexibility index (Phi) is 4.07. The summed E-state index contributed by atoms with van der Waals surface area (Å²) in [6.07, 6.45) is -0.0310. The zero-order valence-electron chi connectivity index (χ0n) is 9.16. The van der Waals surface area contributed by atoms with E-state index in [9.17, 15) is 9.59 Å². The van der Waals surface area contributed by atoms with E-state index in [-0.39, 0.29) is 12.2 Å². The van der Waals surface area contributed by atoms with E-state index in [0.717, 1.165) is 5.56 Å². The van der Waals surface area contributed by atoms with Crippen molar-refractivity contribution in [3.05, 3.63) is 34.9 Å². The lowest BCUT2D eigenvalue weighted by Crippen LogP contribution is -2.11. The van der Waals surface area contributed by atoms with Gasteiger partial charge in [-0.2, -0.15) is 0 Å². The van der Waals surface area contributed by atoms with Crippen LogP contribution in [0, 0.1) is 6.92 Å². The minimum Gasteiger partial charge on any atom is -0.481 e. The number of ketones is 1. The maximum absolute atomic E-state index is 11.6. The number of carboxylic acid groups (broad SMARTS) is 1. The fourth-order valence-electron chi connectivity index (χ4n) is 1.44. The average Bonchev–Trinajstić information content (AvgIpc) is 2.19. The highest BCUT2D eigenvalue weighted by molar-refractivity contribution is 6.33. The summed E-state index contributed by atoms with van der Waals surface area (Å²) >= 11 is 5.70. The number of aliphatic carboxylic acids is 1. The molecule has 0 aromatic heterocycles. The zero-order valence-corrected chi connectivity index (χ0v) is 9.91. The highest BCUT2D eigenvalue weighted by Gasteiger charge is 2.13. The monoisotopic (exact) mass is 240 g/mol. The third-order valence-corrected chi connectivity index (χ3v) is 2.53. The third-order valence-electron chi connectivity index (χ3n) is 2.33. The molecule has 1 unspecified atom stereocenters. The second kappa shape index (κ2) is 5.12. The summed E-state index contributed by atoms with van der Waals surface area (Å²) in [5.74, 6) is -1.03. The number of hydrogen-bond acceptors (Lipinski definition) is 2. The highest BCUT2D eigenvalue weighted by atomic mass is 35.5. The first-order chi connectivity index (χ1) is 7.41. The van der Waals surface area contributed by atoms with Gasteiger partial charge in [-0.15, -0.1) is 11.6 Å². The molecule has 0 amide bonds. The van der Waals surface area contributed by atoms with Crippen molar-refractivity contribution >= 4 is 23.4 Å². The van der Waals surface area contributed by atoms with E-state index in [2.05, 4.69) is 0 Å². The van der Waals surface area contributed by atoms with Gasteiger partial charge >= 0.3 is 5.97 Å². The maximum atomic E-state index is 11.6. The Labute approximate surface area is 99.0 Å². The van der Waals surface area contributed by atoms with E-state index in [1.807, 2.05) is 0 Å². The van der Waals surface area contributed by atoms with Crippen LogP contribution in [0.1, 0.15) is 28.4 Å². The van der Waals surface area contributed by atoms with Gasteiger partial charge in [0.05, 0.1) is 11.8 Å². The van der Waals surface area contributed by atoms with Gasteiger partial charge < -0.3 is 5.11 Å². The summed E-state index contributed by atoms with van der Waals surface area (Å²) in [6.45, 7) is 3.40. The molecule has 1 rings (SSSR count). The van der Waals surface area contributed by atoms with Crippen LogP contribution >= 0.6 is 11.6 Å². The van der Waals surface area contributed by atoms with Gasteiger partial charge in [-0.1, -0.05) is 12.1 Å². The van der Waals surface area contributed by atoms with Gasteiger partial charge in [0.1, 0.15) is 0 Å². The molecule has 4 heteroatoms. The zero-order chi connectivity index (χ0) is 12.3. The van der Waals surface area contributed by atoms with Crippen molar-refractivity contribution in [3.8, 4) is 0 Å². The summed E-state index contributed by atoms with van der Waals surface area (Å²) in [4.78, 5) is 22.1. The molecule has 0 aliphatic carbocycles. The Hall–Kier alpha value is -1.35. The summed E-state index contributed by atoms with van der Waals surface area (Å²) in [5.41, 5.74) is 2.03. The fourth-order valence-corrected chi connectivity index (χ4v) is 1.57. The highest BCUT2D eigenvalue weighted by Crippen LogP contribution is 2.15. The first-order valence-corrected chi connectivity index (χ1v) is 5.35. The van der Waals surface area contributed by atoms with Crippen LogP contribution in [0.2, 0.25) is 0 Å². The number of carboxylic acids is 1. The molecule has 0 bridgehead atoms. The topological polar surface area (TPSA) is 54.4 Å². The number of benzene rings is 1. The minimum absolute atomic E-state index is 0.0310. The Morgan fingerprint density at radius 1 is 1.44 bits per heavy atom. The smallest absolute Gasteiger partial charge is 0.307 e. The minimum atomic E-state index is -0.882. The van der Waals surface area contributed by atoms with E-state index in [1.54, 1.807) is 32.0 Å². The molecular weight excluding hydrogens is 228 g/mol. The molecule has 0 aliphatic rings. The van der Waals surface area contributed by atoms with Crippen molar-refractivity contribution < 1.29 is 14.7 Å². The third kappa shape index (κ3) is 3.07. The van der Waals surface area contributed by atoms with E-state index >= 15 is 0 Å². The fraction of sp³-hybridized carbons (Fsp3) is 0.333. The summed E-state index contributed by atoms with van der Waals surface area (Å²) in [6, 6.07) is 4.96. The molecular formula is C12H13ClO3. The van der Waals surface area contributed by atoms with Gasteiger partial charge in [-0.05, 0) is 31.0 Å². The molecule has 1 atom stereocenters. The molecule has 1 N–H and O–H groups in total. The predicted molar refractivity (Wildman–Crippen MR) is 62.2 cm³/mol. The number of hydrogen-bond donors (Lipinski definition) is 1. The van der Waals surface area contributed by atoms with Gasteiger partial charge in [-0.3, -0.25) is 9.59 Å². The first-order valence-electron chi connectivity index (χ1n) is 4.91. The van der Waals surface area contributed by atoms with E-state index in [4.69, 9.17) is 16.7 Å². The van der Waals surface area contributed by atoms with Crippen LogP contribution in [-0.2, 0) is 11.2 Å². The molecule has 0 saturated heterocycles. The molecule has 16 heavy (non-hydrogen) atoms. The molecule has 86 valence electrons. The van der Waals surface area contributed by atoms with Crippen molar-refractivity contribution in [3.63, 3.8) is 0 Å².